The molecule has 0 saturated heterocycles. The molecule has 0 aliphatic heterocycles. The van der Waals surface area contributed by atoms with Gasteiger partial charge < -0.3 is 15.0 Å². The first-order valence-corrected chi connectivity index (χ1v) is 6.45. The molecule has 0 aliphatic rings. The molecule has 0 saturated carbocycles. The summed E-state index contributed by atoms with van der Waals surface area (Å²) in [6.07, 6.45) is 0. The molecule has 0 unspecified atom stereocenters. The van der Waals surface area contributed by atoms with Crippen LogP contribution in [0, 0.1) is 0 Å². The van der Waals surface area contributed by atoms with Crippen molar-refractivity contribution in [2.45, 2.75) is 12.1 Å². The Morgan fingerprint density at radius 2 is 2.06 bits per heavy atom. The molecule has 0 aromatic carbocycles. The number of rotatable bonds is 7. The van der Waals surface area contributed by atoms with Gasteiger partial charge in [-0.15, -0.1) is 0 Å². The number of hydrogen-bond donors (Lipinski definition) is 1. The van der Waals surface area contributed by atoms with E-state index < -0.39 is 0 Å². The first kappa shape index (κ1) is 14.0. The predicted octanol–water partition coefficient (Wildman–Crippen LogP) is 0.966. The van der Waals surface area contributed by atoms with Gasteiger partial charge in [0.15, 0.2) is 5.16 Å². The molecule has 1 N–H and O–H groups in total. The Balaban J connectivity index is 2.66. The molecule has 96 valence electrons. The van der Waals surface area contributed by atoms with Crippen LogP contribution in [0.1, 0.15) is 6.92 Å². The molecule has 1 aromatic rings. The molecule has 0 radical (unpaired) electrons. The molecular formula is C10H19N5OS. The van der Waals surface area contributed by atoms with Crippen LogP contribution in [0.4, 0.5) is 5.95 Å². The van der Waals surface area contributed by atoms with E-state index in [0.717, 1.165) is 18.8 Å². The second kappa shape index (κ2) is 7.29. The van der Waals surface area contributed by atoms with Crippen LogP contribution in [-0.2, 0) is 0 Å². The lowest BCUT2D eigenvalue weighted by atomic mass is 10.7. The van der Waals surface area contributed by atoms with Crippen molar-refractivity contribution >= 4 is 17.7 Å². The second-order valence-electron chi connectivity index (χ2n) is 3.61. The third kappa shape index (κ3) is 5.18. The van der Waals surface area contributed by atoms with Gasteiger partial charge in [-0.1, -0.05) is 11.8 Å². The Morgan fingerprint density at radius 1 is 1.29 bits per heavy atom. The molecule has 0 aliphatic carbocycles. The Bertz CT molecular complexity index is 347. The fraction of sp³-hybridized carbons (Fsp3) is 0.700. The van der Waals surface area contributed by atoms with Crippen LogP contribution in [0.2, 0.25) is 0 Å². The van der Waals surface area contributed by atoms with E-state index in [-0.39, 0.29) is 0 Å². The smallest absolute Gasteiger partial charge is 0.321 e. The lowest BCUT2D eigenvalue weighted by Crippen LogP contribution is -2.15. The van der Waals surface area contributed by atoms with Crippen molar-refractivity contribution in [1.29, 1.82) is 0 Å². The maximum atomic E-state index is 5.04. The first-order chi connectivity index (χ1) is 8.15. The third-order valence-corrected chi connectivity index (χ3v) is 2.71. The van der Waals surface area contributed by atoms with Crippen LogP contribution in [0.3, 0.4) is 0 Å². The number of nitrogens with one attached hydrogen (secondary N) is 1. The lowest BCUT2D eigenvalue weighted by Gasteiger charge is -2.09. The van der Waals surface area contributed by atoms with Gasteiger partial charge in [-0.3, -0.25) is 0 Å². The summed E-state index contributed by atoms with van der Waals surface area (Å²) in [5.41, 5.74) is 0. The van der Waals surface area contributed by atoms with Gasteiger partial charge in [-0.25, -0.2) is 0 Å². The number of anilines is 1. The topological polar surface area (TPSA) is 63.2 Å². The van der Waals surface area contributed by atoms with Gasteiger partial charge in [0.25, 0.3) is 0 Å². The summed E-state index contributed by atoms with van der Waals surface area (Å²) in [4.78, 5) is 14.7. The highest BCUT2D eigenvalue weighted by molar-refractivity contribution is 7.99. The summed E-state index contributed by atoms with van der Waals surface area (Å²) < 4.78 is 5.04. The van der Waals surface area contributed by atoms with Crippen molar-refractivity contribution in [2.24, 2.45) is 0 Å². The molecule has 0 amide bonds. The van der Waals surface area contributed by atoms with Gasteiger partial charge in [-0.05, 0) is 21.0 Å². The first-order valence-electron chi connectivity index (χ1n) is 5.47. The van der Waals surface area contributed by atoms with Crippen LogP contribution in [0.5, 0.6) is 6.01 Å². The standard InChI is InChI=1S/C10H19N5OS/c1-5-11-8-12-9(16-4)14-10(13-8)17-7-6-15(2)3/h5-7H2,1-4H3,(H,11,12,13,14). The third-order valence-electron chi connectivity index (χ3n) is 1.88. The van der Waals surface area contributed by atoms with Gasteiger partial charge in [-0.2, -0.15) is 15.0 Å². The summed E-state index contributed by atoms with van der Waals surface area (Å²) in [5.74, 6) is 1.50. The zero-order valence-electron chi connectivity index (χ0n) is 10.7. The van der Waals surface area contributed by atoms with Crippen LogP contribution < -0.4 is 10.1 Å². The van der Waals surface area contributed by atoms with Gasteiger partial charge in [0.1, 0.15) is 0 Å². The Kier molecular flexibility index (Phi) is 5.99. The van der Waals surface area contributed by atoms with Gasteiger partial charge in [0.05, 0.1) is 7.11 Å². The average molecular weight is 257 g/mol. The van der Waals surface area contributed by atoms with Crippen molar-refractivity contribution in [3.8, 4) is 6.01 Å². The fourth-order valence-corrected chi connectivity index (χ4v) is 1.98. The zero-order chi connectivity index (χ0) is 12.7. The molecule has 0 atom stereocenters. The van der Waals surface area contributed by atoms with Crippen molar-refractivity contribution < 1.29 is 4.74 Å². The van der Waals surface area contributed by atoms with Crippen molar-refractivity contribution in [2.75, 3.05) is 45.4 Å². The molecule has 1 heterocycles. The molecule has 0 spiro atoms. The van der Waals surface area contributed by atoms with Crippen molar-refractivity contribution in [1.82, 2.24) is 19.9 Å². The minimum absolute atomic E-state index is 0.350. The lowest BCUT2D eigenvalue weighted by molar-refractivity contribution is 0.373. The summed E-state index contributed by atoms with van der Waals surface area (Å²) in [5, 5.41) is 3.75. The number of ether oxygens (including phenoxy) is 1. The molecule has 0 bridgehead atoms. The predicted molar refractivity (Wildman–Crippen MR) is 69.8 cm³/mol. The van der Waals surface area contributed by atoms with E-state index in [1.807, 2.05) is 21.0 Å². The van der Waals surface area contributed by atoms with Crippen LogP contribution in [0.25, 0.3) is 0 Å². The van der Waals surface area contributed by atoms with Crippen LogP contribution in [-0.4, -0.2) is 59.9 Å². The highest BCUT2D eigenvalue weighted by Crippen LogP contribution is 2.17. The normalized spacial score (nSPS) is 10.6. The SMILES string of the molecule is CCNc1nc(OC)nc(SCCN(C)C)n1. The Labute approximate surface area is 106 Å². The fourth-order valence-electron chi connectivity index (χ4n) is 1.05. The highest BCUT2D eigenvalue weighted by atomic mass is 32.2. The van der Waals surface area contributed by atoms with E-state index in [0.29, 0.717) is 17.1 Å². The van der Waals surface area contributed by atoms with Crippen molar-refractivity contribution in [3.63, 3.8) is 0 Å². The Hall–Kier alpha value is -1.08. The summed E-state index contributed by atoms with van der Waals surface area (Å²) >= 11 is 1.59. The van der Waals surface area contributed by atoms with E-state index in [2.05, 4.69) is 25.2 Å². The maximum absolute atomic E-state index is 5.04. The van der Waals surface area contributed by atoms with E-state index >= 15 is 0 Å². The molecule has 6 nitrogen and oxygen atoms in total. The van der Waals surface area contributed by atoms with Gasteiger partial charge >= 0.3 is 6.01 Å². The summed E-state index contributed by atoms with van der Waals surface area (Å²) in [6, 6.07) is 0.350. The molecule has 1 rings (SSSR count). The number of nitrogens with zero attached hydrogens (tertiary/aromatic N) is 4. The maximum Gasteiger partial charge on any atom is 0.321 e. The molecule has 17 heavy (non-hydrogen) atoms. The van der Waals surface area contributed by atoms with Crippen LogP contribution >= 0.6 is 11.8 Å². The van der Waals surface area contributed by atoms with Gasteiger partial charge in [0, 0.05) is 18.8 Å². The quantitative estimate of drug-likeness (QED) is 0.730. The van der Waals surface area contributed by atoms with E-state index in [1.165, 1.54) is 0 Å². The summed E-state index contributed by atoms with van der Waals surface area (Å²) in [6.45, 7) is 3.75. The average Bonchev–Trinajstić information content (AvgIpc) is 2.28. The number of aromatic nitrogens is 3. The minimum Gasteiger partial charge on any atom is -0.467 e. The van der Waals surface area contributed by atoms with Gasteiger partial charge in [0.2, 0.25) is 5.95 Å². The molecule has 7 heteroatoms. The zero-order valence-corrected chi connectivity index (χ0v) is 11.5. The monoisotopic (exact) mass is 257 g/mol. The van der Waals surface area contributed by atoms with Crippen molar-refractivity contribution in [3.05, 3.63) is 0 Å². The summed E-state index contributed by atoms with van der Waals surface area (Å²) in [7, 11) is 5.64. The number of hydrogen-bond acceptors (Lipinski definition) is 7. The largest absolute Gasteiger partial charge is 0.467 e. The van der Waals surface area contributed by atoms with E-state index in [9.17, 15) is 0 Å². The van der Waals surface area contributed by atoms with Crippen LogP contribution in [0.15, 0.2) is 5.16 Å². The molecule has 1 aromatic heterocycles. The van der Waals surface area contributed by atoms with E-state index in [4.69, 9.17) is 4.74 Å². The Morgan fingerprint density at radius 3 is 2.65 bits per heavy atom. The van der Waals surface area contributed by atoms with E-state index in [1.54, 1.807) is 18.9 Å². The molecular weight excluding hydrogens is 238 g/mol. The second-order valence-corrected chi connectivity index (χ2v) is 4.67. The highest BCUT2D eigenvalue weighted by Gasteiger charge is 2.06. The number of methoxy groups -OCH3 is 1. The number of thioether (sulfide) groups is 1. The molecule has 0 fully saturated rings. The minimum atomic E-state index is 0.350.